The Hall–Kier alpha value is -1.68. The van der Waals surface area contributed by atoms with Crippen molar-refractivity contribution in [3.8, 4) is 0 Å². The van der Waals surface area contributed by atoms with Crippen molar-refractivity contribution in [3.05, 3.63) is 47.0 Å². The maximum absolute atomic E-state index is 6.19. The van der Waals surface area contributed by atoms with Gasteiger partial charge in [-0.25, -0.2) is 0 Å². The lowest BCUT2D eigenvalue weighted by Crippen LogP contribution is -2.13. The van der Waals surface area contributed by atoms with Gasteiger partial charge < -0.3 is 5.73 Å². The molecule has 4 nitrogen and oxygen atoms in total. The van der Waals surface area contributed by atoms with E-state index in [0.29, 0.717) is 0 Å². The lowest BCUT2D eigenvalue weighted by atomic mass is 10.0. The Labute approximate surface area is 95.1 Å². The summed E-state index contributed by atoms with van der Waals surface area (Å²) >= 11 is 0. The van der Waals surface area contributed by atoms with Crippen molar-refractivity contribution in [2.24, 2.45) is 12.8 Å². The van der Waals surface area contributed by atoms with E-state index in [2.05, 4.69) is 10.1 Å². The molecule has 2 N–H and O–H groups in total. The number of rotatable bonds is 2. The molecule has 2 aromatic heterocycles. The maximum Gasteiger partial charge on any atom is 0.0600 e. The molecule has 0 fully saturated rings. The molecule has 2 rings (SSSR count). The summed E-state index contributed by atoms with van der Waals surface area (Å²) in [7, 11) is 1.89. The first kappa shape index (κ1) is 10.8. The minimum absolute atomic E-state index is 0.151. The zero-order valence-electron chi connectivity index (χ0n) is 9.81. The summed E-state index contributed by atoms with van der Waals surface area (Å²) in [6.45, 7) is 3.96. The van der Waals surface area contributed by atoms with E-state index in [1.165, 1.54) is 0 Å². The fourth-order valence-electron chi connectivity index (χ4n) is 1.81. The number of hydrogen-bond acceptors (Lipinski definition) is 3. The molecule has 0 aliphatic rings. The largest absolute Gasteiger partial charge is 0.320 e. The fraction of sp³-hybridized carbons (Fsp3) is 0.333. The lowest BCUT2D eigenvalue weighted by molar-refractivity contribution is 0.764. The third-order valence-corrected chi connectivity index (χ3v) is 2.68. The highest BCUT2D eigenvalue weighted by atomic mass is 15.2. The van der Waals surface area contributed by atoms with Crippen LogP contribution < -0.4 is 5.73 Å². The Morgan fingerprint density at radius 1 is 1.31 bits per heavy atom. The summed E-state index contributed by atoms with van der Waals surface area (Å²) in [5, 5.41) is 4.13. The molecule has 4 heteroatoms. The molecule has 0 radical (unpaired) electrons. The second-order valence-electron chi connectivity index (χ2n) is 4.05. The highest BCUT2D eigenvalue weighted by Gasteiger charge is 2.13. The monoisotopic (exact) mass is 216 g/mol. The fourth-order valence-corrected chi connectivity index (χ4v) is 1.81. The van der Waals surface area contributed by atoms with Crippen LogP contribution in [0.25, 0.3) is 0 Å². The molecule has 84 valence electrons. The molecule has 2 aromatic rings. The van der Waals surface area contributed by atoms with Crippen LogP contribution in [0.5, 0.6) is 0 Å². The number of aryl methyl sites for hydroxylation is 3. The zero-order chi connectivity index (χ0) is 11.7. The summed E-state index contributed by atoms with van der Waals surface area (Å²) in [4.78, 5) is 4.42. The van der Waals surface area contributed by atoms with Crippen LogP contribution in [-0.4, -0.2) is 14.8 Å². The van der Waals surface area contributed by atoms with Gasteiger partial charge >= 0.3 is 0 Å². The molecule has 0 aromatic carbocycles. The smallest absolute Gasteiger partial charge is 0.0600 e. The van der Waals surface area contributed by atoms with Gasteiger partial charge in [-0.1, -0.05) is 6.07 Å². The minimum Gasteiger partial charge on any atom is -0.320 e. The Bertz CT molecular complexity index is 501. The molecule has 16 heavy (non-hydrogen) atoms. The van der Waals surface area contributed by atoms with Crippen molar-refractivity contribution in [3.63, 3.8) is 0 Å². The summed E-state index contributed by atoms with van der Waals surface area (Å²) in [5.74, 6) is 0. The van der Waals surface area contributed by atoms with Crippen molar-refractivity contribution >= 4 is 0 Å². The Morgan fingerprint density at radius 2 is 2.06 bits per heavy atom. The molecular formula is C12H16N4. The molecule has 1 atom stereocenters. The third-order valence-electron chi connectivity index (χ3n) is 2.68. The van der Waals surface area contributed by atoms with Gasteiger partial charge in [0, 0.05) is 30.2 Å². The topological polar surface area (TPSA) is 56.7 Å². The summed E-state index contributed by atoms with van der Waals surface area (Å²) < 4.78 is 1.76. The van der Waals surface area contributed by atoms with E-state index >= 15 is 0 Å². The van der Waals surface area contributed by atoms with Crippen LogP contribution in [0, 0.1) is 13.8 Å². The number of aromatic nitrogens is 3. The van der Waals surface area contributed by atoms with Crippen LogP contribution in [0.2, 0.25) is 0 Å². The Kier molecular flexibility index (Phi) is 2.75. The number of nitrogens with two attached hydrogens (primary N) is 1. The van der Waals surface area contributed by atoms with E-state index in [1.807, 2.05) is 39.2 Å². The molecular weight excluding hydrogens is 200 g/mol. The predicted octanol–water partition coefficient (Wildman–Crippen LogP) is 1.48. The van der Waals surface area contributed by atoms with Crippen LogP contribution in [0.1, 0.15) is 28.6 Å². The molecule has 2 heterocycles. The first-order chi connectivity index (χ1) is 7.58. The van der Waals surface area contributed by atoms with Crippen molar-refractivity contribution in [2.45, 2.75) is 19.9 Å². The summed E-state index contributed by atoms with van der Waals surface area (Å²) in [6, 6.07) is 3.87. The molecule has 0 aliphatic heterocycles. The van der Waals surface area contributed by atoms with Crippen LogP contribution in [0.4, 0.5) is 0 Å². The average Bonchev–Trinajstić information content (AvgIpc) is 2.64. The van der Waals surface area contributed by atoms with Crippen molar-refractivity contribution in [1.82, 2.24) is 14.8 Å². The van der Waals surface area contributed by atoms with Crippen molar-refractivity contribution in [2.75, 3.05) is 0 Å². The van der Waals surface area contributed by atoms with Gasteiger partial charge in [-0.15, -0.1) is 0 Å². The number of pyridine rings is 1. The Balaban J connectivity index is 2.37. The van der Waals surface area contributed by atoms with Gasteiger partial charge in [-0.3, -0.25) is 9.67 Å². The van der Waals surface area contributed by atoms with E-state index in [9.17, 15) is 0 Å². The van der Waals surface area contributed by atoms with Gasteiger partial charge in [-0.05, 0) is 25.5 Å². The quantitative estimate of drug-likeness (QED) is 0.827. The van der Waals surface area contributed by atoms with Crippen molar-refractivity contribution in [1.29, 1.82) is 0 Å². The minimum atomic E-state index is -0.151. The van der Waals surface area contributed by atoms with Gasteiger partial charge in [0.2, 0.25) is 0 Å². The molecule has 0 aliphatic carbocycles. The van der Waals surface area contributed by atoms with E-state index in [-0.39, 0.29) is 6.04 Å². The second kappa shape index (κ2) is 4.06. The molecule has 1 unspecified atom stereocenters. The van der Waals surface area contributed by atoms with Crippen LogP contribution >= 0.6 is 0 Å². The maximum atomic E-state index is 6.19. The van der Waals surface area contributed by atoms with E-state index in [4.69, 9.17) is 5.73 Å². The highest BCUT2D eigenvalue weighted by molar-refractivity contribution is 5.32. The normalized spacial score (nSPS) is 12.8. The SMILES string of the molecule is Cc1ccc(C(N)c2cnn(C)c2)c(C)n1. The third kappa shape index (κ3) is 1.97. The van der Waals surface area contributed by atoms with Crippen molar-refractivity contribution < 1.29 is 0 Å². The van der Waals surface area contributed by atoms with Gasteiger partial charge in [0.25, 0.3) is 0 Å². The van der Waals surface area contributed by atoms with Gasteiger partial charge in [0.05, 0.1) is 12.2 Å². The second-order valence-corrected chi connectivity index (χ2v) is 4.05. The lowest BCUT2D eigenvalue weighted by Gasteiger charge is -2.12. The molecule has 0 bridgehead atoms. The van der Waals surface area contributed by atoms with Crippen LogP contribution in [-0.2, 0) is 7.05 Å². The van der Waals surface area contributed by atoms with Gasteiger partial charge in [-0.2, -0.15) is 5.10 Å². The molecule has 0 saturated carbocycles. The first-order valence-corrected chi connectivity index (χ1v) is 5.26. The number of hydrogen-bond donors (Lipinski definition) is 1. The van der Waals surface area contributed by atoms with Crippen LogP contribution in [0.3, 0.4) is 0 Å². The van der Waals surface area contributed by atoms with Crippen LogP contribution in [0.15, 0.2) is 24.5 Å². The predicted molar refractivity (Wildman–Crippen MR) is 62.9 cm³/mol. The average molecular weight is 216 g/mol. The highest BCUT2D eigenvalue weighted by Crippen LogP contribution is 2.21. The molecule has 0 spiro atoms. The molecule has 0 saturated heterocycles. The van der Waals surface area contributed by atoms with E-state index in [1.54, 1.807) is 10.9 Å². The zero-order valence-corrected chi connectivity index (χ0v) is 9.81. The van der Waals surface area contributed by atoms with Gasteiger partial charge in [0.1, 0.15) is 0 Å². The summed E-state index contributed by atoms with van der Waals surface area (Å²) in [6.07, 6.45) is 3.73. The number of nitrogens with zero attached hydrogens (tertiary/aromatic N) is 3. The van der Waals surface area contributed by atoms with Gasteiger partial charge in [0.15, 0.2) is 0 Å². The first-order valence-electron chi connectivity index (χ1n) is 5.26. The Morgan fingerprint density at radius 3 is 2.62 bits per heavy atom. The van der Waals surface area contributed by atoms with E-state index in [0.717, 1.165) is 22.5 Å². The summed E-state index contributed by atoms with van der Waals surface area (Å²) in [5.41, 5.74) is 10.2. The molecule has 0 amide bonds. The standard InChI is InChI=1S/C12H16N4/c1-8-4-5-11(9(2)15-8)12(13)10-6-14-16(3)7-10/h4-7,12H,13H2,1-3H3. The van der Waals surface area contributed by atoms with E-state index < -0.39 is 0 Å².